The van der Waals surface area contributed by atoms with Crippen molar-refractivity contribution in [3.63, 3.8) is 0 Å². The monoisotopic (exact) mass is 161 g/mol. The molecule has 2 atom stereocenters. The van der Waals surface area contributed by atoms with Crippen molar-refractivity contribution in [2.45, 2.75) is 32.2 Å². The van der Waals surface area contributed by atoms with E-state index in [1.54, 1.807) is 0 Å². The van der Waals surface area contributed by atoms with Crippen LogP contribution in [0.25, 0.3) is 0 Å². The highest BCUT2D eigenvalue weighted by Crippen LogP contribution is 2.26. The van der Waals surface area contributed by atoms with Crippen LogP contribution < -0.4 is 0 Å². The van der Waals surface area contributed by atoms with Gasteiger partial charge in [-0.2, -0.15) is 0 Å². The van der Waals surface area contributed by atoms with Crippen molar-refractivity contribution >= 4 is 6.21 Å². The highest BCUT2D eigenvalue weighted by atomic mass is 14.8. The molecule has 2 aliphatic rings. The van der Waals surface area contributed by atoms with E-state index in [9.17, 15) is 0 Å². The standard InChI is InChI=1S/C11H15N/c1-2-9-7-10-5-3-4-6-11(10)12-8-9/h3-4,7-9,11H,2,5-6H2,1H3. The van der Waals surface area contributed by atoms with Gasteiger partial charge < -0.3 is 0 Å². The molecule has 1 aliphatic carbocycles. The highest BCUT2D eigenvalue weighted by Gasteiger charge is 2.18. The van der Waals surface area contributed by atoms with E-state index in [0.29, 0.717) is 12.0 Å². The normalized spacial score (nSPS) is 32.9. The van der Waals surface area contributed by atoms with Gasteiger partial charge in [0.2, 0.25) is 0 Å². The average molecular weight is 161 g/mol. The van der Waals surface area contributed by atoms with Crippen LogP contribution in [0.3, 0.4) is 0 Å². The maximum absolute atomic E-state index is 4.56. The molecule has 0 aromatic rings. The molecule has 64 valence electrons. The van der Waals surface area contributed by atoms with Gasteiger partial charge in [-0.05, 0) is 24.8 Å². The highest BCUT2D eigenvalue weighted by molar-refractivity contribution is 5.66. The molecule has 0 radical (unpaired) electrons. The molecule has 2 unspecified atom stereocenters. The summed E-state index contributed by atoms with van der Waals surface area (Å²) in [7, 11) is 0. The average Bonchev–Trinajstić information content (AvgIpc) is 2.17. The number of allylic oxidation sites excluding steroid dienone is 2. The summed E-state index contributed by atoms with van der Waals surface area (Å²) in [6.45, 7) is 2.22. The molecule has 0 fully saturated rings. The molecule has 12 heavy (non-hydrogen) atoms. The Balaban J connectivity index is 2.17. The van der Waals surface area contributed by atoms with Crippen LogP contribution in [0.5, 0.6) is 0 Å². The lowest BCUT2D eigenvalue weighted by Gasteiger charge is -2.23. The first-order valence-corrected chi connectivity index (χ1v) is 4.79. The van der Waals surface area contributed by atoms with E-state index in [-0.39, 0.29) is 0 Å². The second-order valence-electron chi connectivity index (χ2n) is 3.54. The molecule has 0 N–H and O–H groups in total. The Morgan fingerprint density at radius 3 is 3.25 bits per heavy atom. The van der Waals surface area contributed by atoms with Gasteiger partial charge >= 0.3 is 0 Å². The molecule has 1 nitrogen and oxygen atoms in total. The van der Waals surface area contributed by atoms with Crippen molar-refractivity contribution in [3.05, 3.63) is 23.8 Å². The van der Waals surface area contributed by atoms with E-state index < -0.39 is 0 Å². The van der Waals surface area contributed by atoms with Gasteiger partial charge in [0, 0.05) is 12.1 Å². The number of hydrogen-bond donors (Lipinski definition) is 0. The smallest absolute Gasteiger partial charge is 0.0743 e. The van der Waals surface area contributed by atoms with Crippen LogP contribution in [0.15, 0.2) is 28.8 Å². The first-order valence-electron chi connectivity index (χ1n) is 4.79. The van der Waals surface area contributed by atoms with E-state index >= 15 is 0 Å². The minimum absolute atomic E-state index is 0.484. The van der Waals surface area contributed by atoms with Crippen molar-refractivity contribution in [2.75, 3.05) is 0 Å². The van der Waals surface area contributed by atoms with Crippen LogP contribution in [0.4, 0.5) is 0 Å². The molecule has 1 heteroatoms. The predicted molar refractivity (Wildman–Crippen MR) is 52.5 cm³/mol. The summed E-state index contributed by atoms with van der Waals surface area (Å²) in [4.78, 5) is 4.56. The third-order valence-electron chi connectivity index (χ3n) is 2.66. The Morgan fingerprint density at radius 1 is 1.50 bits per heavy atom. The van der Waals surface area contributed by atoms with Crippen LogP contribution in [0, 0.1) is 5.92 Å². The number of aliphatic imine (C=N–C) groups is 1. The van der Waals surface area contributed by atoms with Gasteiger partial charge in [0.1, 0.15) is 0 Å². The fourth-order valence-corrected chi connectivity index (χ4v) is 1.82. The maximum Gasteiger partial charge on any atom is 0.0743 e. The summed E-state index contributed by atoms with van der Waals surface area (Å²) < 4.78 is 0. The van der Waals surface area contributed by atoms with Crippen LogP contribution in [-0.4, -0.2) is 12.3 Å². The molecule has 1 aliphatic heterocycles. The first kappa shape index (κ1) is 7.78. The number of dihydropyridines is 1. The van der Waals surface area contributed by atoms with Crippen LogP contribution in [0.2, 0.25) is 0 Å². The summed E-state index contributed by atoms with van der Waals surface area (Å²) in [5, 5.41) is 0. The van der Waals surface area contributed by atoms with E-state index in [1.165, 1.54) is 12.0 Å². The second-order valence-corrected chi connectivity index (χ2v) is 3.54. The molecule has 1 heterocycles. The number of hydrogen-bond acceptors (Lipinski definition) is 1. The molecule has 0 spiro atoms. The molecule has 2 rings (SSSR count). The fraction of sp³-hybridized carbons (Fsp3) is 0.545. The van der Waals surface area contributed by atoms with Crippen molar-refractivity contribution in [3.8, 4) is 0 Å². The zero-order valence-electron chi connectivity index (χ0n) is 7.53. The van der Waals surface area contributed by atoms with Gasteiger partial charge in [0.15, 0.2) is 0 Å². The molecule has 0 amide bonds. The zero-order valence-corrected chi connectivity index (χ0v) is 7.53. The number of nitrogens with zero attached hydrogens (tertiary/aromatic N) is 1. The lowest BCUT2D eigenvalue weighted by atomic mass is 9.89. The fourth-order valence-electron chi connectivity index (χ4n) is 1.82. The summed E-state index contributed by atoms with van der Waals surface area (Å²) >= 11 is 0. The van der Waals surface area contributed by atoms with Gasteiger partial charge in [0.25, 0.3) is 0 Å². The van der Waals surface area contributed by atoms with Gasteiger partial charge in [0.05, 0.1) is 6.04 Å². The Morgan fingerprint density at radius 2 is 2.42 bits per heavy atom. The molecule has 0 bridgehead atoms. The van der Waals surface area contributed by atoms with Gasteiger partial charge in [-0.25, -0.2) is 0 Å². The lowest BCUT2D eigenvalue weighted by molar-refractivity contribution is 0.688. The van der Waals surface area contributed by atoms with Crippen molar-refractivity contribution in [1.29, 1.82) is 0 Å². The molecule has 0 saturated heterocycles. The number of rotatable bonds is 1. The Labute approximate surface area is 73.9 Å². The minimum atomic E-state index is 0.484. The predicted octanol–water partition coefficient (Wildman–Crippen LogP) is 2.74. The summed E-state index contributed by atoms with van der Waals surface area (Å²) in [6.07, 6.45) is 12.4. The summed E-state index contributed by atoms with van der Waals surface area (Å²) in [5.41, 5.74) is 1.53. The second kappa shape index (κ2) is 3.26. The molecular weight excluding hydrogens is 146 g/mol. The molecule has 0 saturated carbocycles. The van der Waals surface area contributed by atoms with Crippen molar-refractivity contribution < 1.29 is 0 Å². The van der Waals surface area contributed by atoms with E-state index in [0.717, 1.165) is 12.8 Å². The topological polar surface area (TPSA) is 12.4 Å². The van der Waals surface area contributed by atoms with E-state index in [2.05, 4.69) is 36.4 Å². The van der Waals surface area contributed by atoms with E-state index in [4.69, 9.17) is 0 Å². The van der Waals surface area contributed by atoms with E-state index in [1.807, 2.05) is 0 Å². The maximum atomic E-state index is 4.56. The Kier molecular flexibility index (Phi) is 2.11. The first-order chi connectivity index (χ1) is 5.90. The van der Waals surface area contributed by atoms with Crippen LogP contribution >= 0.6 is 0 Å². The van der Waals surface area contributed by atoms with Gasteiger partial charge in [-0.3, -0.25) is 4.99 Å². The van der Waals surface area contributed by atoms with Crippen molar-refractivity contribution in [1.82, 2.24) is 0 Å². The molecule has 0 aromatic heterocycles. The van der Waals surface area contributed by atoms with Crippen LogP contribution in [-0.2, 0) is 0 Å². The Hall–Kier alpha value is -0.850. The quantitative estimate of drug-likeness (QED) is 0.524. The minimum Gasteiger partial charge on any atom is -0.289 e. The summed E-state index contributed by atoms with van der Waals surface area (Å²) in [5.74, 6) is 0.600. The van der Waals surface area contributed by atoms with Gasteiger partial charge in [-0.15, -0.1) is 0 Å². The van der Waals surface area contributed by atoms with Gasteiger partial charge in [-0.1, -0.05) is 25.2 Å². The molecule has 0 aromatic carbocycles. The third kappa shape index (κ3) is 1.36. The largest absolute Gasteiger partial charge is 0.289 e. The lowest BCUT2D eigenvalue weighted by Crippen LogP contribution is -2.17. The zero-order chi connectivity index (χ0) is 8.39. The third-order valence-corrected chi connectivity index (χ3v) is 2.66. The van der Waals surface area contributed by atoms with Crippen molar-refractivity contribution in [2.24, 2.45) is 10.9 Å². The number of fused-ring (bicyclic) bond motifs is 1. The summed E-state index contributed by atoms with van der Waals surface area (Å²) in [6, 6.07) is 0.484. The Bertz CT molecular complexity index is 248. The van der Waals surface area contributed by atoms with Crippen LogP contribution in [0.1, 0.15) is 26.2 Å². The molecular formula is C11H15N. The SMILES string of the molecule is CCC1C=NC2CC=CCC2=C1.